The van der Waals surface area contributed by atoms with E-state index in [-0.39, 0.29) is 10.6 Å². The van der Waals surface area contributed by atoms with E-state index in [1.807, 2.05) is 6.07 Å². The van der Waals surface area contributed by atoms with E-state index in [1.54, 1.807) is 12.1 Å². The fourth-order valence-electron chi connectivity index (χ4n) is 3.76. The zero-order chi connectivity index (χ0) is 15.6. The smallest absolute Gasteiger partial charge is 0.311 e. The van der Waals surface area contributed by atoms with Gasteiger partial charge < -0.3 is 10.1 Å². The topological polar surface area (TPSA) is 67.6 Å². The zero-order valence-electron chi connectivity index (χ0n) is 13.0. The van der Waals surface area contributed by atoms with Crippen molar-refractivity contribution in [2.45, 2.75) is 25.8 Å². The van der Waals surface area contributed by atoms with Crippen LogP contribution in [0.25, 0.3) is 0 Å². The van der Waals surface area contributed by atoms with Gasteiger partial charge in [0.1, 0.15) is 0 Å². The highest BCUT2D eigenvalue weighted by molar-refractivity contribution is 5.48. The third kappa shape index (κ3) is 3.08. The molecular weight excluding hydrogens is 282 g/mol. The van der Waals surface area contributed by atoms with Crippen LogP contribution in [-0.4, -0.2) is 43.1 Å². The SMILES string of the molecule is COc1ccc(CN2CCC3(CCNCC3)C2)cc1[N+](=O)[O-]. The monoisotopic (exact) mass is 305 g/mol. The predicted molar refractivity (Wildman–Crippen MR) is 84.1 cm³/mol. The van der Waals surface area contributed by atoms with Crippen molar-refractivity contribution in [1.82, 2.24) is 10.2 Å². The molecule has 0 bridgehead atoms. The first-order valence-electron chi connectivity index (χ1n) is 7.86. The van der Waals surface area contributed by atoms with Crippen molar-refractivity contribution in [2.24, 2.45) is 5.41 Å². The number of piperidine rings is 1. The van der Waals surface area contributed by atoms with Crippen molar-refractivity contribution < 1.29 is 9.66 Å². The summed E-state index contributed by atoms with van der Waals surface area (Å²) >= 11 is 0. The van der Waals surface area contributed by atoms with Gasteiger partial charge in [-0.2, -0.15) is 0 Å². The number of likely N-dealkylation sites (tertiary alicyclic amines) is 1. The maximum Gasteiger partial charge on any atom is 0.311 e. The Hall–Kier alpha value is -1.66. The van der Waals surface area contributed by atoms with Gasteiger partial charge in [0, 0.05) is 19.2 Å². The van der Waals surface area contributed by atoms with Crippen molar-refractivity contribution in [3.05, 3.63) is 33.9 Å². The van der Waals surface area contributed by atoms with Crippen molar-refractivity contribution in [3.8, 4) is 5.75 Å². The van der Waals surface area contributed by atoms with Gasteiger partial charge in [-0.05, 0) is 55.9 Å². The molecule has 1 aromatic carbocycles. The molecule has 2 aliphatic rings. The van der Waals surface area contributed by atoms with Crippen LogP contribution in [0.15, 0.2) is 18.2 Å². The highest BCUT2D eigenvalue weighted by Gasteiger charge is 2.38. The van der Waals surface area contributed by atoms with Gasteiger partial charge in [-0.15, -0.1) is 0 Å². The number of methoxy groups -OCH3 is 1. The second kappa shape index (κ2) is 6.22. The molecule has 1 spiro atoms. The van der Waals surface area contributed by atoms with E-state index in [1.165, 1.54) is 26.4 Å². The van der Waals surface area contributed by atoms with Gasteiger partial charge in [0.2, 0.25) is 0 Å². The lowest BCUT2D eigenvalue weighted by atomic mass is 9.78. The minimum Gasteiger partial charge on any atom is -0.490 e. The third-order valence-electron chi connectivity index (χ3n) is 5.03. The highest BCUT2D eigenvalue weighted by Crippen LogP contribution is 2.39. The first-order chi connectivity index (χ1) is 10.6. The van der Waals surface area contributed by atoms with Crippen molar-refractivity contribution in [1.29, 1.82) is 0 Å². The average molecular weight is 305 g/mol. The van der Waals surface area contributed by atoms with Gasteiger partial charge in [0.25, 0.3) is 0 Å². The molecule has 1 N–H and O–H groups in total. The van der Waals surface area contributed by atoms with Gasteiger partial charge in [0.15, 0.2) is 5.75 Å². The van der Waals surface area contributed by atoms with E-state index >= 15 is 0 Å². The predicted octanol–water partition coefficient (Wildman–Crippen LogP) is 2.18. The summed E-state index contributed by atoms with van der Waals surface area (Å²) in [5.41, 5.74) is 1.50. The van der Waals surface area contributed by atoms with Crippen LogP contribution < -0.4 is 10.1 Å². The fraction of sp³-hybridized carbons (Fsp3) is 0.625. The Labute approximate surface area is 130 Å². The Balaban J connectivity index is 1.69. The molecule has 3 rings (SSSR count). The van der Waals surface area contributed by atoms with E-state index in [4.69, 9.17) is 4.74 Å². The van der Waals surface area contributed by atoms with Crippen LogP contribution in [0.4, 0.5) is 5.69 Å². The van der Waals surface area contributed by atoms with Crippen LogP contribution in [-0.2, 0) is 6.54 Å². The lowest BCUT2D eigenvalue weighted by molar-refractivity contribution is -0.385. The second-order valence-corrected chi connectivity index (χ2v) is 6.47. The molecule has 2 heterocycles. The van der Waals surface area contributed by atoms with Gasteiger partial charge in [-0.25, -0.2) is 0 Å². The number of nitro benzene ring substituents is 1. The molecule has 6 heteroatoms. The number of benzene rings is 1. The van der Waals surface area contributed by atoms with E-state index in [2.05, 4.69) is 10.2 Å². The molecule has 22 heavy (non-hydrogen) atoms. The third-order valence-corrected chi connectivity index (χ3v) is 5.03. The summed E-state index contributed by atoms with van der Waals surface area (Å²) in [6.45, 7) is 5.19. The van der Waals surface area contributed by atoms with Crippen molar-refractivity contribution >= 4 is 5.69 Å². The summed E-state index contributed by atoms with van der Waals surface area (Å²) in [4.78, 5) is 13.2. The Morgan fingerprint density at radius 2 is 2.14 bits per heavy atom. The Kier molecular flexibility index (Phi) is 4.31. The Morgan fingerprint density at radius 1 is 1.36 bits per heavy atom. The van der Waals surface area contributed by atoms with E-state index in [9.17, 15) is 10.1 Å². The number of rotatable bonds is 4. The molecule has 0 amide bonds. The summed E-state index contributed by atoms with van der Waals surface area (Å²) in [5.74, 6) is 0.324. The molecule has 6 nitrogen and oxygen atoms in total. The molecule has 1 aromatic rings. The summed E-state index contributed by atoms with van der Waals surface area (Å²) in [6, 6.07) is 5.27. The number of hydrogen-bond donors (Lipinski definition) is 1. The summed E-state index contributed by atoms with van der Waals surface area (Å²) in [5, 5.41) is 14.5. The van der Waals surface area contributed by atoms with Crippen molar-refractivity contribution in [2.75, 3.05) is 33.3 Å². The van der Waals surface area contributed by atoms with Gasteiger partial charge in [0.05, 0.1) is 12.0 Å². The summed E-state index contributed by atoms with van der Waals surface area (Å²) in [7, 11) is 1.46. The second-order valence-electron chi connectivity index (χ2n) is 6.47. The number of ether oxygens (including phenoxy) is 1. The van der Waals surface area contributed by atoms with Crippen molar-refractivity contribution in [3.63, 3.8) is 0 Å². The number of nitrogens with one attached hydrogen (secondary N) is 1. The molecule has 2 aliphatic heterocycles. The molecule has 0 aliphatic carbocycles. The van der Waals surface area contributed by atoms with E-state index in [0.29, 0.717) is 11.2 Å². The molecule has 0 aromatic heterocycles. The lowest BCUT2D eigenvalue weighted by Gasteiger charge is -2.33. The van der Waals surface area contributed by atoms with E-state index in [0.717, 1.165) is 38.3 Å². The lowest BCUT2D eigenvalue weighted by Crippen LogP contribution is -2.38. The number of nitrogens with zero attached hydrogens (tertiary/aromatic N) is 2. The molecule has 2 fully saturated rings. The molecule has 0 saturated carbocycles. The van der Waals surface area contributed by atoms with Gasteiger partial charge >= 0.3 is 5.69 Å². The first-order valence-corrected chi connectivity index (χ1v) is 7.86. The van der Waals surface area contributed by atoms with Crippen LogP contribution >= 0.6 is 0 Å². The fourth-order valence-corrected chi connectivity index (χ4v) is 3.76. The number of nitro groups is 1. The van der Waals surface area contributed by atoms with Gasteiger partial charge in [-0.1, -0.05) is 6.07 Å². The van der Waals surface area contributed by atoms with Crippen LogP contribution in [0.1, 0.15) is 24.8 Å². The maximum atomic E-state index is 11.1. The highest BCUT2D eigenvalue weighted by atomic mass is 16.6. The zero-order valence-corrected chi connectivity index (χ0v) is 13.0. The van der Waals surface area contributed by atoms with Crippen LogP contribution in [0.2, 0.25) is 0 Å². The Morgan fingerprint density at radius 3 is 2.82 bits per heavy atom. The largest absolute Gasteiger partial charge is 0.490 e. The van der Waals surface area contributed by atoms with E-state index < -0.39 is 0 Å². The van der Waals surface area contributed by atoms with Crippen LogP contribution in [0.3, 0.4) is 0 Å². The van der Waals surface area contributed by atoms with Gasteiger partial charge in [-0.3, -0.25) is 15.0 Å². The molecule has 0 unspecified atom stereocenters. The molecule has 0 radical (unpaired) electrons. The van der Waals surface area contributed by atoms with Crippen LogP contribution in [0, 0.1) is 15.5 Å². The minimum absolute atomic E-state index is 0.0516. The summed E-state index contributed by atoms with van der Waals surface area (Å²) < 4.78 is 5.06. The minimum atomic E-state index is -0.374. The Bertz CT molecular complexity index is 556. The standard InChI is InChI=1S/C16H23N3O3/c1-22-15-3-2-13(10-14(15)19(20)21)11-18-9-6-16(12-18)4-7-17-8-5-16/h2-3,10,17H,4-9,11-12H2,1H3. The maximum absolute atomic E-state index is 11.1. The van der Waals surface area contributed by atoms with Crippen LogP contribution in [0.5, 0.6) is 5.75 Å². The molecule has 120 valence electrons. The molecular formula is C16H23N3O3. The summed E-state index contributed by atoms with van der Waals surface area (Å²) in [6.07, 6.45) is 3.73. The normalized spacial score (nSPS) is 21.1. The molecule has 2 saturated heterocycles. The first kappa shape index (κ1) is 15.2. The molecule has 0 atom stereocenters. The average Bonchev–Trinajstić information content (AvgIpc) is 2.90. The number of hydrogen-bond acceptors (Lipinski definition) is 5. The quantitative estimate of drug-likeness (QED) is 0.682.